The van der Waals surface area contributed by atoms with Crippen molar-refractivity contribution in [3.63, 3.8) is 0 Å². The van der Waals surface area contributed by atoms with E-state index in [0.29, 0.717) is 32.4 Å². The Labute approximate surface area is 140 Å². The van der Waals surface area contributed by atoms with Crippen LogP contribution in [0.15, 0.2) is 30.7 Å². The molecule has 0 radical (unpaired) electrons. The number of rotatable bonds is 6. The molecule has 4 N–H and O–H groups in total. The summed E-state index contributed by atoms with van der Waals surface area (Å²) >= 11 is 0. The Morgan fingerprint density at radius 1 is 1.42 bits per heavy atom. The molecule has 128 valence electrons. The van der Waals surface area contributed by atoms with E-state index in [4.69, 9.17) is 5.73 Å². The minimum atomic E-state index is -0.920. The maximum atomic E-state index is 11.7. The number of nitrogens with one attached hydrogen (secondary N) is 1. The van der Waals surface area contributed by atoms with Crippen molar-refractivity contribution in [2.45, 2.75) is 24.9 Å². The number of aromatic nitrogens is 2. The molecule has 2 aromatic heterocycles. The fraction of sp³-hybridized carbons (Fsp3) is 0.471. The predicted octanol–water partition coefficient (Wildman–Crippen LogP) is 0.426. The summed E-state index contributed by atoms with van der Waals surface area (Å²) in [4.78, 5) is 22.4. The summed E-state index contributed by atoms with van der Waals surface area (Å²) in [7, 11) is 0. The molecule has 3 rings (SSSR count). The first-order chi connectivity index (χ1) is 11.6. The van der Waals surface area contributed by atoms with Crippen molar-refractivity contribution < 1.29 is 9.90 Å². The molecule has 2 aromatic rings. The summed E-state index contributed by atoms with van der Waals surface area (Å²) in [6.45, 7) is 1.95. The van der Waals surface area contributed by atoms with Crippen LogP contribution in [0.5, 0.6) is 0 Å². The molecule has 1 unspecified atom stereocenters. The fourth-order valence-electron chi connectivity index (χ4n) is 3.07. The van der Waals surface area contributed by atoms with Gasteiger partial charge in [0, 0.05) is 55.7 Å². The van der Waals surface area contributed by atoms with E-state index < -0.39 is 5.60 Å². The quantitative estimate of drug-likeness (QED) is 0.710. The highest BCUT2D eigenvalue weighted by atomic mass is 16.3. The zero-order chi connectivity index (χ0) is 17.0. The highest BCUT2D eigenvalue weighted by Gasteiger charge is 2.36. The molecular weight excluding hydrogens is 306 g/mol. The number of carbonyl (C=O) groups excluding carboxylic acids is 1. The van der Waals surface area contributed by atoms with Gasteiger partial charge in [-0.15, -0.1) is 0 Å². The number of β-amino-alcohol motifs (C(OH)–C–C–N with tert-alkyl or cyclic N) is 1. The minimum Gasteiger partial charge on any atom is -0.386 e. The second-order valence-corrected chi connectivity index (χ2v) is 6.29. The Morgan fingerprint density at radius 3 is 3.12 bits per heavy atom. The van der Waals surface area contributed by atoms with Gasteiger partial charge in [0.25, 0.3) is 0 Å². The molecule has 1 fully saturated rings. The fourth-order valence-corrected chi connectivity index (χ4v) is 3.07. The summed E-state index contributed by atoms with van der Waals surface area (Å²) in [6, 6.07) is 3.81. The number of anilines is 1. The van der Waals surface area contributed by atoms with Gasteiger partial charge in [-0.05, 0) is 31.5 Å². The number of nitrogens with two attached hydrogens (primary N) is 1. The average molecular weight is 329 g/mol. The summed E-state index contributed by atoms with van der Waals surface area (Å²) < 4.78 is 0. The van der Waals surface area contributed by atoms with Gasteiger partial charge in [0.05, 0.1) is 5.52 Å². The molecular formula is C17H23N5O2. The van der Waals surface area contributed by atoms with Crippen LogP contribution < -0.4 is 16.0 Å². The summed E-state index contributed by atoms with van der Waals surface area (Å²) in [5.41, 5.74) is 6.38. The van der Waals surface area contributed by atoms with Gasteiger partial charge in [0.1, 0.15) is 5.60 Å². The molecule has 0 bridgehead atoms. The van der Waals surface area contributed by atoms with Crippen molar-refractivity contribution >= 4 is 22.5 Å². The zero-order valence-corrected chi connectivity index (χ0v) is 13.6. The summed E-state index contributed by atoms with van der Waals surface area (Å²) in [5.74, 6) is -0.0640. The molecule has 0 saturated carbocycles. The second-order valence-electron chi connectivity index (χ2n) is 6.29. The summed E-state index contributed by atoms with van der Waals surface area (Å²) in [5, 5.41) is 14.5. The number of aliphatic hydroxyl groups is 1. The lowest BCUT2D eigenvalue weighted by Gasteiger charge is -2.25. The first-order valence-electron chi connectivity index (χ1n) is 8.24. The van der Waals surface area contributed by atoms with Gasteiger partial charge in [0.15, 0.2) is 0 Å². The molecule has 3 heterocycles. The number of amides is 1. The lowest BCUT2D eigenvalue weighted by atomic mass is 10.0. The number of hydrogen-bond donors (Lipinski definition) is 3. The van der Waals surface area contributed by atoms with Crippen LogP contribution in [0.1, 0.15) is 19.3 Å². The molecule has 0 spiro atoms. The van der Waals surface area contributed by atoms with E-state index in [1.807, 2.05) is 12.1 Å². The monoisotopic (exact) mass is 329 g/mol. The third-order valence-corrected chi connectivity index (χ3v) is 4.42. The topological polar surface area (TPSA) is 104 Å². The minimum absolute atomic E-state index is 0.0640. The van der Waals surface area contributed by atoms with E-state index in [-0.39, 0.29) is 12.5 Å². The molecule has 1 aliphatic rings. The standard InChI is InChI=1S/C17H23N5O2/c18-6-1-2-16(23)21-11-17(24)5-9-22(12-17)15-4-8-20-14-3-7-19-10-13(14)15/h3-4,7-8,10,24H,1-2,5-6,9,11-12,18H2,(H,21,23). The van der Waals surface area contributed by atoms with Crippen molar-refractivity contribution in [3.8, 4) is 0 Å². The number of nitrogens with zero attached hydrogens (tertiary/aromatic N) is 3. The third-order valence-electron chi connectivity index (χ3n) is 4.42. The molecule has 1 saturated heterocycles. The number of pyridine rings is 2. The zero-order valence-electron chi connectivity index (χ0n) is 13.6. The molecule has 0 aromatic carbocycles. The highest BCUT2D eigenvalue weighted by molar-refractivity contribution is 5.90. The lowest BCUT2D eigenvalue weighted by molar-refractivity contribution is -0.122. The van der Waals surface area contributed by atoms with Gasteiger partial charge < -0.3 is 21.1 Å². The lowest BCUT2D eigenvalue weighted by Crippen LogP contribution is -2.45. The van der Waals surface area contributed by atoms with E-state index in [2.05, 4.69) is 20.2 Å². The van der Waals surface area contributed by atoms with Crippen molar-refractivity contribution in [1.82, 2.24) is 15.3 Å². The largest absolute Gasteiger partial charge is 0.386 e. The van der Waals surface area contributed by atoms with Crippen molar-refractivity contribution in [1.29, 1.82) is 0 Å². The Kier molecular flexibility index (Phi) is 4.92. The average Bonchev–Trinajstić information content (AvgIpc) is 3.00. The van der Waals surface area contributed by atoms with Crippen LogP contribution in [0, 0.1) is 0 Å². The van der Waals surface area contributed by atoms with Crippen LogP contribution in [-0.2, 0) is 4.79 Å². The molecule has 1 atom stereocenters. The molecule has 7 nitrogen and oxygen atoms in total. The van der Waals surface area contributed by atoms with Crippen LogP contribution >= 0.6 is 0 Å². The van der Waals surface area contributed by atoms with Gasteiger partial charge in [-0.3, -0.25) is 14.8 Å². The van der Waals surface area contributed by atoms with Crippen molar-refractivity contribution in [3.05, 3.63) is 30.7 Å². The first-order valence-corrected chi connectivity index (χ1v) is 8.24. The van der Waals surface area contributed by atoms with Crippen LogP contribution in [0.2, 0.25) is 0 Å². The molecule has 1 amide bonds. The molecule has 0 aliphatic carbocycles. The Hall–Kier alpha value is -2.25. The van der Waals surface area contributed by atoms with Crippen LogP contribution in [0.25, 0.3) is 10.9 Å². The van der Waals surface area contributed by atoms with E-state index in [0.717, 1.165) is 23.1 Å². The Morgan fingerprint density at radius 2 is 2.29 bits per heavy atom. The van der Waals surface area contributed by atoms with Gasteiger partial charge in [-0.1, -0.05) is 0 Å². The molecule has 7 heteroatoms. The highest BCUT2D eigenvalue weighted by Crippen LogP contribution is 2.30. The van der Waals surface area contributed by atoms with E-state index in [1.54, 1.807) is 18.6 Å². The van der Waals surface area contributed by atoms with Gasteiger partial charge >= 0.3 is 0 Å². The van der Waals surface area contributed by atoms with Crippen LogP contribution in [0.3, 0.4) is 0 Å². The predicted molar refractivity (Wildman–Crippen MR) is 92.6 cm³/mol. The maximum absolute atomic E-state index is 11.7. The molecule has 24 heavy (non-hydrogen) atoms. The second kappa shape index (κ2) is 7.11. The number of fused-ring (bicyclic) bond motifs is 1. The maximum Gasteiger partial charge on any atom is 0.220 e. The van der Waals surface area contributed by atoms with Crippen LogP contribution in [0.4, 0.5) is 5.69 Å². The van der Waals surface area contributed by atoms with E-state index >= 15 is 0 Å². The number of carbonyl (C=O) groups is 1. The van der Waals surface area contributed by atoms with Crippen molar-refractivity contribution in [2.24, 2.45) is 5.73 Å². The number of hydrogen-bond acceptors (Lipinski definition) is 6. The smallest absolute Gasteiger partial charge is 0.220 e. The Bertz CT molecular complexity index is 718. The molecule has 1 aliphatic heterocycles. The van der Waals surface area contributed by atoms with Gasteiger partial charge in [0.2, 0.25) is 5.91 Å². The van der Waals surface area contributed by atoms with Gasteiger partial charge in [-0.25, -0.2) is 0 Å². The van der Waals surface area contributed by atoms with Crippen molar-refractivity contribution in [2.75, 3.05) is 31.1 Å². The Balaban J connectivity index is 1.67. The van der Waals surface area contributed by atoms with E-state index in [9.17, 15) is 9.90 Å². The SMILES string of the molecule is NCCCC(=O)NCC1(O)CCN(c2ccnc3ccncc23)C1. The van der Waals surface area contributed by atoms with Gasteiger partial charge in [-0.2, -0.15) is 0 Å². The normalized spacial score (nSPS) is 20.5. The first kappa shape index (κ1) is 16.6. The third kappa shape index (κ3) is 3.63. The van der Waals surface area contributed by atoms with E-state index in [1.165, 1.54) is 0 Å². The summed E-state index contributed by atoms with van der Waals surface area (Å²) in [6.07, 6.45) is 6.95. The van der Waals surface area contributed by atoms with Crippen LogP contribution in [-0.4, -0.2) is 52.8 Å².